The highest BCUT2D eigenvalue weighted by molar-refractivity contribution is 5.87. The molecule has 5 heteroatoms. The van der Waals surface area contributed by atoms with E-state index in [1.165, 1.54) is 19.3 Å². The normalized spacial score (nSPS) is 28.5. The summed E-state index contributed by atoms with van der Waals surface area (Å²) in [6.45, 7) is 3.70. The predicted octanol–water partition coefficient (Wildman–Crippen LogP) is 1.38. The number of hydrogen-bond acceptors (Lipinski definition) is 3. The van der Waals surface area contributed by atoms with E-state index in [4.69, 9.17) is 0 Å². The third-order valence-corrected chi connectivity index (χ3v) is 5.51. The van der Waals surface area contributed by atoms with Crippen molar-refractivity contribution in [2.24, 2.45) is 5.92 Å². The molecule has 2 heterocycles. The van der Waals surface area contributed by atoms with Crippen LogP contribution in [0.5, 0.6) is 0 Å². The van der Waals surface area contributed by atoms with Crippen molar-refractivity contribution in [2.75, 3.05) is 32.7 Å². The van der Waals surface area contributed by atoms with Crippen molar-refractivity contribution >= 4 is 11.8 Å². The fourth-order valence-corrected chi connectivity index (χ4v) is 4.18. The number of piperazine rings is 1. The molecular formula is C17H29N3O2. The number of nitrogens with zero attached hydrogens (tertiary/aromatic N) is 2. The summed E-state index contributed by atoms with van der Waals surface area (Å²) in [6.07, 6.45) is 9.02. The van der Waals surface area contributed by atoms with Gasteiger partial charge in [0.2, 0.25) is 11.8 Å². The van der Waals surface area contributed by atoms with Crippen LogP contribution in [0.25, 0.3) is 0 Å². The Morgan fingerprint density at radius 1 is 0.955 bits per heavy atom. The summed E-state index contributed by atoms with van der Waals surface area (Å²) < 4.78 is 0. The molecule has 22 heavy (non-hydrogen) atoms. The molecule has 0 bridgehead atoms. The van der Waals surface area contributed by atoms with E-state index in [0.29, 0.717) is 12.6 Å². The molecule has 0 unspecified atom stereocenters. The topological polar surface area (TPSA) is 52.7 Å². The Labute approximate surface area is 133 Å². The summed E-state index contributed by atoms with van der Waals surface area (Å²) in [5.41, 5.74) is 0. The van der Waals surface area contributed by atoms with Crippen molar-refractivity contribution in [1.29, 1.82) is 0 Å². The number of nitrogens with one attached hydrogen (secondary N) is 1. The molecular weight excluding hydrogens is 278 g/mol. The van der Waals surface area contributed by atoms with Gasteiger partial charge in [-0.2, -0.15) is 0 Å². The minimum Gasteiger partial charge on any atom is -0.336 e. The maximum absolute atomic E-state index is 12.7. The van der Waals surface area contributed by atoms with Gasteiger partial charge >= 0.3 is 0 Å². The zero-order chi connectivity index (χ0) is 15.4. The second-order valence-electron chi connectivity index (χ2n) is 7.02. The van der Waals surface area contributed by atoms with E-state index in [-0.39, 0.29) is 17.7 Å². The smallest absolute Gasteiger partial charge is 0.242 e. The number of carbonyl (C=O) groups excluding carboxylic acids is 2. The minimum absolute atomic E-state index is 0.115. The first kappa shape index (κ1) is 15.8. The zero-order valence-electron chi connectivity index (χ0n) is 13.6. The molecule has 5 nitrogen and oxygen atoms in total. The van der Waals surface area contributed by atoms with Crippen molar-refractivity contribution in [2.45, 2.75) is 57.4 Å². The number of rotatable bonds is 2. The van der Waals surface area contributed by atoms with E-state index in [1.54, 1.807) is 0 Å². The monoisotopic (exact) mass is 307 g/mol. The lowest BCUT2D eigenvalue weighted by Gasteiger charge is -2.41. The van der Waals surface area contributed by atoms with Crippen molar-refractivity contribution < 1.29 is 9.59 Å². The van der Waals surface area contributed by atoms with Crippen LogP contribution in [0.1, 0.15) is 51.4 Å². The fourth-order valence-electron chi connectivity index (χ4n) is 4.18. The summed E-state index contributed by atoms with van der Waals surface area (Å²) in [4.78, 5) is 29.0. The quantitative estimate of drug-likeness (QED) is 0.838. The molecule has 0 aromatic heterocycles. The van der Waals surface area contributed by atoms with Gasteiger partial charge in [0, 0.05) is 25.0 Å². The zero-order valence-corrected chi connectivity index (χ0v) is 13.6. The molecule has 1 atom stereocenters. The van der Waals surface area contributed by atoms with Crippen LogP contribution in [0.2, 0.25) is 0 Å². The van der Waals surface area contributed by atoms with Gasteiger partial charge in [-0.3, -0.25) is 9.59 Å². The Hall–Kier alpha value is -1.10. The fraction of sp³-hybridized carbons (Fsp3) is 0.882. The number of hydrogen-bond donors (Lipinski definition) is 1. The van der Waals surface area contributed by atoms with Crippen molar-refractivity contribution in [3.63, 3.8) is 0 Å². The largest absolute Gasteiger partial charge is 0.336 e. The highest BCUT2D eigenvalue weighted by Gasteiger charge is 2.34. The average Bonchev–Trinajstić information content (AvgIpc) is 2.84. The molecule has 2 amide bonds. The van der Waals surface area contributed by atoms with Crippen LogP contribution in [0.4, 0.5) is 0 Å². The third-order valence-electron chi connectivity index (χ3n) is 5.51. The van der Waals surface area contributed by atoms with Crippen molar-refractivity contribution in [1.82, 2.24) is 15.1 Å². The average molecular weight is 307 g/mol. The Morgan fingerprint density at radius 3 is 2.55 bits per heavy atom. The standard InChI is InChI=1S/C17H29N3O2/c21-16-13-19(17(22)14-5-4-9-18-10-8-14)11-12-20(16)15-6-2-1-3-7-15/h14-15,18H,1-13H2/t14-/m1/s1. The van der Waals surface area contributed by atoms with Crippen LogP contribution < -0.4 is 5.32 Å². The summed E-state index contributed by atoms with van der Waals surface area (Å²) in [5.74, 6) is 0.489. The van der Waals surface area contributed by atoms with Crippen LogP contribution in [-0.2, 0) is 9.59 Å². The molecule has 3 aliphatic rings. The summed E-state index contributed by atoms with van der Waals surface area (Å²) >= 11 is 0. The molecule has 0 spiro atoms. The van der Waals surface area contributed by atoms with Gasteiger partial charge in [-0.1, -0.05) is 19.3 Å². The molecule has 0 radical (unpaired) electrons. The first-order valence-electron chi connectivity index (χ1n) is 9.04. The van der Waals surface area contributed by atoms with Gasteiger partial charge in [-0.05, 0) is 45.2 Å². The maximum atomic E-state index is 12.7. The molecule has 2 aliphatic heterocycles. The van der Waals surface area contributed by atoms with E-state index >= 15 is 0 Å². The van der Waals surface area contributed by atoms with E-state index in [0.717, 1.165) is 58.3 Å². The van der Waals surface area contributed by atoms with Crippen LogP contribution in [0, 0.1) is 5.92 Å². The molecule has 2 saturated heterocycles. The predicted molar refractivity (Wildman–Crippen MR) is 85.4 cm³/mol. The highest BCUT2D eigenvalue weighted by Crippen LogP contribution is 2.25. The SMILES string of the molecule is O=C([C@@H]1CCCNCC1)N1CCN(C2CCCCC2)C(=O)C1. The van der Waals surface area contributed by atoms with Gasteiger partial charge < -0.3 is 15.1 Å². The maximum Gasteiger partial charge on any atom is 0.242 e. The second-order valence-corrected chi connectivity index (χ2v) is 7.02. The highest BCUT2D eigenvalue weighted by atomic mass is 16.2. The van der Waals surface area contributed by atoms with Crippen LogP contribution in [-0.4, -0.2) is 60.4 Å². The summed E-state index contributed by atoms with van der Waals surface area (Å²) in [7, 11) is 0. The van der Waals surface area contributed by atoms with E-state index in [1.807, 2.05) is 4.90 Å². The molecule has 3 rings (SSSR count). The van der Waals surface area contributed by atoms with Crippen molar-refractivity contribution in [3.8, 4) is 0 Å². The third kappa shape index (κ3) is 3.62. The van der Waals surface area contributed by atoms with Gasteiger partial charge in [-0.15, -0.1) is 0 Å². The minimum atomic E-state index is 0.115. The van der Waals surface area contributed by atoms with Crippen LogP contribution in [0.15, 0.2) is 0 Å². The molecule has 1 aliphatic carbocycles. The lowest BCUT2D eigenvalue weighted by molar-refractivity contribution is -0.149. The Bertz CT molecular complexity index is 399. The number of carbonyl (C=O) groups is 2. The Balaban J connectivity index is 1.54. The van der Waals surface area contributed by atoms with E-state index < -0.39 is 0 Å². The molecule has 0 aromatic rings. The van der Waals surface area contributed by atoms with Gasteiger partial charge in [0.05, 0.1) is 6.54 Å². The van der Waals surface area contributed by atoms with E-state index in [9.17, 15) is 9.59 Å². The lowest BCUT2D eigenvalue weighted by Crippen LogP contribution is -2.56. The summed E-state index contributed by atoms with van der Waals surface area (Å²) in [6, 6.07) is 0.431. The van der Waals surface area contributed by atoms with Gasteiger partial charge in [0.15, 0.2) is 0 Å². The molecule has 1 N–H and O–H groups in total. The van der Waals surface area contributed by atoms with Gasteiger partial charge in [0.25, 0.3) is 0 Å². The summed E-state index contributed by atoms with van der Waals surface area (Å²) in [5, 5.41) is 3.35. The molecule has 1 saturated carbocycles. The second kappa shape index (κ2) is 7.44. The first-order valence-corrected chi connectivity index (χ1v) is 9.04. The molecule has 124 valence electrons. The van der Waals surface area contributed by atoms with E-state index in [2.05, 4.69) is 10.2 Å². The Kier molecular flexibility index (Phi) is 5.34. The molecule has 0 aromatic carbocycles. The Morgan fingerprint density at radius 2 is 1.77 bits per heavy atom. The van der Waals surface area contributed by atoms with Crippen molar-refractivity contribution in [3.05, 3.63) is 0 Å². The molecule has 3 fully saturated rings. The van der Waals surface area contributed by atoms with Gasteiger partial charge in [0.1, 0.15) is 0 Å². The number of amides is 2. The lowest BCUT2D eigenvalue weighted by atomic mass is 9.93. The van der Waals surface area contributed by atoms with Crippen LogP contribution in [0.3, 0.4) is 0 Å². The first-order chi connectivity index (χ1) is 10.8. The van der Waals surface area contributed by atoms with Gasteiger partial charge in [-0.25, -0.2) is 0 Å². The van der Waals surface area contributed by atoms with Crippen LogP contribution >= 0.6 is 0 Å².